The number of benzene rings is 1. The number of ether oxygens (including phenoxy) is 2. The van der Waals surface area contributed by atoms with Gasteiger partial charge in [-0.1, -0.05) is 32.3 Å². The predicted octanol–water partition coefficient (Wildman–Crippen LogP) is 3.78. The van der Waals surface area contributed by atoms with E-state index in [1.54, 1.807) is 0 Å². The van der Waals surface area contributed by atoms with E-state index in [2.05, 4.69) is 25.1 Å². The first-order valence-electron chi connectivity index (χ1n) is 8.74. The van der Waals surface area contributed by atoms with E-state index in [4.69, 9.17) is 15.2 Å². The highest BCUT2D eigenvalue weighted by Crippen LogP contribution is 2.46. The van der Waals surface area contributed by atoms with Crippen LogP contribution in [0.5, 0.6) is 5.75 Å². The molecule has 0 unspecified atom stereocenters. The van der Waals surface area contributed by atoms with E-state index in [-0.39, 0.29) is 11.5 Å². The minimum Gasteiger partial charge on any atom is -0.468 e. The van der Waals surface area contributed by atoms with Crippen molar-refractivity contribution in [3.05, 3.63) is 29.3 Å². The highest BCUT2D eigenvalue weighted by Gasteiger charge is 2.43. The lowest BCUT2D eigenvalue weighted by atomic mass is 9.60. The molecule has 1 saturated carbocycles. The number of rotatable bonds is 4. The maximum absolute atomic E-state index is 6.71. The van der Waals surface area contributed by atoms with E-state index in [0.717, 1.165) is 12.2 Å². The average Bonchev–Trinajstić information content (AvgIpc) is 2.52. The van der Waals surface area contributed by atoms with Crippen molar-refractivity contribution in [2.24, 2.45) is 11.7 Å². The Morgan fingerprint density at radius 1 is 1.27 bits per heavy atom. The molecule has 3 rings (SSSR count). The summed E-state index contributed by atoms with van der Waals surface area (Å²) in [6.07, 6.45) is 7.54. The van der Waals surface area contributed by atoms with Crippen LogP contribution in [0.15, 0.2) is 18.2 Å². The smallest absolute Gasteiger partial charge is 0.189 e. The lowest BCUT2D eigenvalue weighted by Gasteiger charge is -2.47. The van der Waals surface area contributed by atoms with Crippen LogP contribution >= 0.6 is 0 Å². The van der Waals surface area contributed by atoms with Crippen LogP contribution in [0, 0.1) is 5.92 Å². The summed E-state index contributed by atoms with van der Waals surface area (Å²) >= 11 is 0. The molecule has 3 heteroatoms. The Kier molecular flexibility index (Phi) is 4.74. The molecule has 0 heterocycles. The third kappa shape index (κ3) is 2.89. The fourth-order valence-corrected chi connectivity index (χ4v) is 4.32. The number of nitrogens with two attached hydrogens (primary N) is 1. The average molecular weight is 303 g/mol. The molecule has 2 bridgehead atoms. The van der Waals surface area contributed by atoms with Gasteiger partial charge >= 0.3 is 0 Å². The van der Waals surface area contributed by atoms with Gasteiger partial charge in [0, 0.05) is 18.1 Å². The van der Waals surface area contributed by atoms with Crippen LogP contribution in [0.3, 0.4) is 0 Å². The van der Waals surface area contributed by atoms with Crippen LogP contribution in [0.1, 0.15) is 57.1 Å². The summed E-state index contributed by atoms with van der Waals surface area (Å²) in [4.78, 5) is 0. The van der Waals surface area contributed by atoms with E-state index in [0.29, 0.717) is 19.3 Å². The zero-order chi connectivity index (χ0) is 15.6. The molecule has 122 valence electrons. The van der Waals surface area contributed by atoms with E-state index < -0.39 is 0 Å². The van der Waals surface area contributed by atoms with Crippen molar-refractivity contribution in [3.63, 3.8) is 0 Å². The van der Waals surface area contributed by atoms with Crippen molar-refractivity contribution in [3.8, 4) is 5.75 Å². The fourth-order valence-electron chi connectivity index (χ4n) is 4.32. The van der Waals surface area contributed by atoms with Crippen LogP contribution < -0.4 is 10.5 Å². The fraction of sp³-hybridized carbons (Fsp3) is 0.684. The maximum atomic E-state index is 6.71. The van der Waals surface area contributed by atoms with Gasteiger partial charge in [-0.15, -0.1) is 0 Å². The van der Waals surface area contributed by atoms with Crippen molar-refractivity contribution in [2.45, 2.75) is 63.8 Å². The first-order valence-corrected chi connectivity index (χ1v) is 8.74. The Morgan fingerprint density at radius 2 is 2.14 bits per heavy atom. The zero-order valence-electron chi connectivity index (χ0n) is 13.9. The summed E-state index contributed by atoms with van der Waals surface area (Å²) in [6.45, 7) is 5.33. The summed E-state index contributed by atoms with van der Waals surface area (Å²) in [5.41, 5.74) is 9.68. The normalized spacial score (nSPS) is 31.0. The highest BCUT2D eigenvalue weighted by molar-refractivity contribution is 5.44. The molecule has 0 saturated heterocycles. The monoisotopic (exact) mass is 303 g/mol. The van der Waals surface area contributed by atoms with Gasteiger partial charge in [0.15, 0.2) is 6.79 Å². The van der Waals surface area contributed by atoms with Crippen LogP contribution in [0.2, 0.25) is 0 Å². The van der Waals surface area contributed by atoms with Crippen molar-refractivity contribution in [1.82, 2.24) is 0 Å². The molecule has 0 amide bonds. The third-order valence-corrected chi connectivity index (χ3v) is 5.71. The van der Waals surface area contributed by atoms with Crippen molar-refractivity contribution in [1.29, 1.82) is 0 Å². The van der Waals surface area contributed by atoms with E-state index in [1.165, 1.54) is 43.2 Å². The SMILES string of the molecule is CCOCOc1ccc2c(c1)[C@@]1(C)CCCCC[C@@H](C2)[C@@H]1N. The predicted molar refractivity (Wildman–Crippen MR) is 89.2 cm³/mol. The Balaban J connectivity index is 1.91. The molecular weight excluding hydrogens is 274 g/mol. The topological polar surface area (TPSA) is 44.5 Å². The van der Waals surface area contributed by atoms with Crippen LogP contribution in [0.4, 0.5) is 0 Å². The molecule has 0 radical (unpaired) electrons. The quantitative estimate of drug-likeness (QED) is 0.680. The van der Waals surface area contributed by atoms with E-state index >= 15 is 0 Å². The molecule has 3 atom stereocenters. The second-order valence-electron chi connectivity index (χ2n) is 7.08. The molecule has 2 aliphatic carbocycles. The van der Waals surface area contributed by atoms with Gasteiger partial charge in [0.2, 0.25) is 0 Å². The van der Waals surface area contributed by atoms with Gasteiger partial charge < -0.3 is 15.2 Å². The van der Waals surface area contributed by atoms with Gasteiger partial charge in [0.1, 0.15) is 5.75 Å². The molecule has 0 aromatic heterocycles. The van der Waals surface area contributed by atoms with Gasteiger partial charge in [-0.25, -0.2) is 0 Å². The van der Waals surface area contributed by atoms with Gasteiger partial charge in [0.25, 0.3) is 0 Å². The summed E-state index contributed by atoms with van der Waals surface area (Å²) in [5, 5.41) is 0. The second kappa shape index (κ2) is 6.59. The summed E-state index contributed by atoms with van der Waals surface area (Å²) in [6, 6.07) is 6.81. The summed E-state index contributed by atoms with van der Waals surface area (Å²) in [7, 11) is 0. The Labute approximate surface area is 134 Å². The molecule has 2 aliphatic rings. The Morgan fingerprint density at radius 3 is 2.95 bits per heavy atom. The minimum atomic E-state index is 0.0870. The van der Waals surface area contributed by atoms with E-state index in [9.17, 15) is 0 Å². The molecule has 22 heavy (non-hydrogen) atoms. The maximum Gasteiger partial charge on any atom is 0.189 e. The number of hydrogen-bond acceptors (Lipinski definition) is 3. The standard InChI is InChI=1S/C19H29NO2/c1-3-21-13-22-16-9-8-14-11-15-7-5-4-6-10-19(2,18(15)20)17(14)12-16/h8-9,12,15,18H,3-7,10-11,13,20H2,1-2H3/t15-,18-,19+/m0/s1. The Hall–Kier alpha value is -1.06. The van der Waals surface area contributed by atoms with Crippen LogP contribution in [0.25, 0.3) is 0 Å². The van der Waals surface area contributed by atoms with Gasteiger partial charge in [-0.3, -0.25) is 0 Å². The first kappa shape index (κ1) is 15.8. The number of hydrogen-bond donors (Lipinski definition) is 1. The molecule has 3 nitrogen and oxygen atoms in total. The van der Waals surface area contributed by atoms with Crippen LogP contribution in [-0.4, -0.2) is 19.4 Å². The molecule has 1 aromatic rings. The van der Waals surface area contributed by atoms with Crippen molar-refractivity contribution >= 4 is 0 Å². The largest absolute Gasteiger partial charge is 0.468 e. The molecular formula is C19H29NO2. The zero-order valence-corrected chi connectivity index (χ0v) is 13.9. The lowest BCUT2D eigenvalue weighted by Crippen LogP contribution is -2.52. The van der Waals surface area contributed by atoms with Crippen molar-refractivity contribution in [2.75, 3.05) is 13.4 Å². The molecule has 1 fully saturated rings. The molecule has 2 N–H and O–H groups in total. The van der Waals surface area contributed by atoms with E-state index in [1.807, 2.05) is 6.92 Å². The second-order valence-corrected chi connectivity index (χ2v) is 7.08. The van der Waals surface area contributed by atoms with Gasteiger partial charge in [-0.05, 0) is 55.4 Å². The molecule has 0 spiro atoms. The van der Waals surface area contributed by atoms with Gasteiger partial charge in [-0.2, -0.15) is 0 Å². The Bertz CT molecular complexity index is 516. The first-order chi connectivity index (χ1) is 10.6. The van der Waals surface area contributed by atoms with Gasteiger partial charge in [0.05, 0.1) is 0 Å². The molecule has 1 aromatic carbocycles. The summed E-state index contributed by atoms with van der Waals surface area (Å²) in [5.74, 6) is 1.54. The minimum absolute atomic E-state index is 0.0870. The molecule has 0 aliphatic heterocycles. The van der Waals surface area contributed by atoms with Crippen molar-refractivity contribution < 1.29 is 9.47 Å². The summed E-state index contributed by atoms with van der Waals surface area (Å²) < 4.78 is 11.0. The highest BCUT2D eigenvalue weighted by atomic mass is 16.7. The number of fused-ring (bicyclic) bond motifs is 4. The third-order valence-electron chi connectivity index (χ3n) is 5.71. The lowest BCUT2D eigenvalue weighted by molar-refractivity contribution is 0.0222. The van der Waals surface area contributed by atoms with Crippen LogP contribution in [-0.2, 0) is 16.6 Å².